The molecule has 2 nitrogen and oxygen atoms in total. The molecule has 1 N–H and O–H groups in total. The van der Waals surface area contributed by atoms with Crippen LogP contribution in [0.3, 0.4) is 0 Å². The molecule has 2 fully saturated rings. The molecule has 0 aromatic rings. The quantitative estimate of drug-likeness (QED) is 0.727. The largest absolute Gasteiger partial charge is 0.393 e. The number of Topliss-reactive ketones (excluding diaryl/α,β-unsaturated/α-hetero) is 1. The first-order valence-corrected chi connectivity index (χ1v) is 9.45. The lowest BCUT2D eigenvalue weighted by molar-refractivity contribution is -0.115. The number of carbonyl (C=O) groups excluding carboxylic acids is 1. The van der Waals surface area contributed by atoms with Crippen LogP contribution in [-0.4, -0.2) is 17.0 Å². The molecule has 0 spiro atoms. The molecule has 0 amide bonds. The number of ketones is 1. The summed E-state index contributed by atoms with van der Waals surface area (Å²) in [6.07, 6.45) is 12.2. The second-order valence-electron chi connectivity index (χ2n) is 9.02. The fraction of sp³-hybridized carbons (Fsp3) is 0.762. The van der Waals surface area contributed by atoms with Crippen molar-refractivity contribution in [1.29, 1.82) is 0 Å². The van der Waals surface area contributed by atoms with Gasteiger partial charge in [-0.3, -0.25) is 4.79 Å². The zero-order valence-corrected chi connectivity index (χ0v) is 14.8. The summed E-state index contributed by atoms with van der Waals surface area (Å²) in [7, 11) is 0. The van der Waals surface area contributed by atoms with Crippen LogP contribution in [0.15, 0.2) is 23.3 Å². The number of aliphatic hydroxyl groups is 1. The van der Waals surface area contributed by atoms with Crippen molar-refractivity contribution in [3.05, 3.63) is 23.3 Å². The average molecular weight is 314 g/mol. The number of allylic oxidation sites excluding steroid dienone is 3. The minimum atomic E-state index is -0.128. The predicted molar refractivity (Wildman–Crippen MR) is 91.9 cm³/mol. The van der Waals surface area contributed by atoms with Gasteiger partial charge in [0, 0.05) is 0 Å². The normalized spacial score (nSPS) is 48.7. The second kappa shape index (κ2) is 5.05. The van der Waals surface area contributed by atoms with Crippen LogP contribution in [0.4, 0.5) is 0 Å². The van der Waals surface area contributed by atoms with E-state index in [4.69, 9.17) is 0 Å². The minimum absolute atomic E-state index is 0.114. The summed E-state index contributed by atoms with van der Waals surface area (Å²) in [5.41, 5.74) is 3.05. The van der Waals surface area contributed by atoms with E-state index in [9.17, 15) is 9.90 Å². The Bertz CT molecular complexity index is 601. The average Bonchev–Trinajstić information content (AvgIpc) is 2.85. The molecule has 6 atom stereocenters. The summed E-state index contributed by atoms with van der Waals surface area (Å²) in [5, 5.41) is 10.1. The van der Waals surface area contributed by atoms with Gasteiger partial charge < -0.3 is 5.11 Å². The molecule has 0 bridgehead atoms. The topological polar surface area (TPSA) is 37.3 Å². The molecule has 4 aliphatic carbocycles. The highest BCUT2D eigenvalue weighted by Gasteiger charge is 2.57. The van der Waals surface area contributed by atoms with Crippen LogP contribution in [0.5, 0.6) is 0 Å². The molecule has 2 heteroatoms. The van der Waals surface area contributed by atoms with Gasteiger partial charge >= 0.3 is 0 Å². The third kappa shape index (κ3) is 2.06. The lowest BCUT2D eigenvalue weighted by Gasteiger charge is -2.57. The van der Waals surface area contributed by atoms with Crippen LogP contribution in [0, 0.1) is 28.6 Å². The Morgan fingerprint density at radius 3 is 2.57 bits per heavy atom. The summed E-state index contributed by atoms with van der Waals surface area (Å²) < 4.78 is 0. The van der Waals surface area contributed by atoms with Crippen molar-refractivity contribution in [3.8, 4) is 0 Å². The van der Waals surface area contributed by atoms with E-state index < -0.39 is 0 Å². The van der Waals surface area contributed by atoms with Crippen LogP contribution >= 0.6 is 0 Å². The molecule has 23 heavy (non-hydrogen) atoms. The van der Waals surface area contributed by atoms with Gasteiger partial charge in [-0.15, -0.1) is 0 Å². The lowest BCUT2D eigenvalue weighted by Crippen LogP contribution is -2.50. The van der Waals surface area contributed by atoms with Gasteiger partial charge in [0.05, 0.1) is 6.10 Å². The molecule has 0 radical (unpaired) electrons. The monoisotopic (exact) mass is 314 g/mol. The van der Waals surface area contributed by atoms with Gasteiger partial charge in [0.2, 0.25) is 0 Å². The summed E-state index contributed by atoms with van der Waals surface area (Å²) in [4.78, 5) is 12.1. The maximum Gasteiger partial charge on any atom is 0.156 e. The van der Waals surface area contributed by atoms with Gasteiger partial charge in [0.25, 0.3) is 0 Å². The molecule has 0 aromatic carbocycles. The fourth-order valence-corrected chi connectivity index (χ4v) is 6.75. The van der Waals surface area contributed by atoms with Gasteiger partial charge in [-0.2, -0.15) is 0 Å². The third-order valence-corrected chi connectivity index (χ3v) is 8.04. The number of hydrogen-bond donors (Lipinski definition) is 1. The lowest BCUT2D eigenvalue weighted by atomic mass is 9.47. The molecular weight excluding hydrogens is 284 g/mol. The number of fused-ring (bicyclic) bond motifs is 5. The highest BCUT2D eigenvalue weighted by atomic mass is 16.3. The molecule has 0 heterocycles. The Labute approximate surface area is 140 Å². The smallest absolute Gasteiger partial charge is 0.156 e. The Morgan fingerprint density at radius 1 is 1.09 bits per heavy atom. The van der Waals surface area contributed by atoms with Gasteiger partial charge in [0.1, 0.15) is 0 Å². The number of carbonyl (C=O) groups is 1. The van der Waals surface area contributed by atoms with E-state index in [-0.39, 0.29) is 17.3 Å². The van der Waals surface area contributed by atoms with Crippen LogP contribution < -0.4 is 0 Å². The Kier molecular flexibility index (Phi) is 3.43. The summed E-state index contributed by atoms with van der Waals surface area (Å²) in [6.45, 7) is 6.55. The molecule has 0 unspecified atom stereocenters. The third-order valence-electron chi connectivity index (χ3n) is 8.04. The molecule has 0 saturated heterocycles. The Balaban J connectivity index is 1.67. The zero-order valence-electron chi connectivity index (χ0n) is 14.8. The number of rotatable bonds is 1. The van der Waals surface area contributed by atoms with Crippen LogP contribution in [0.1, 0.15) is 65.7 Å². The second-order valence-corrected chi connectivity index (χ2v) is 9.02. The highest BCUT2D eigenvalue weighted by Crippen LogP contribution is 2.64. The van der Waals surface area contributed by atoms with Crippen LogP contribution in [0.2, 0.25) is 0 Å². The van der Waals surface area contributed by atoms with E-state index in [0.29, 0.717) is 17.3 Å². The van der Waals surface area contributed by atoms with Crippen molar-refractivity contribution >= 4 is 5.78 Å². The summed E-state index contributed by atoms with van der Waals surface area (Å²) >= 11 is 0. The van der Waals surface area contributed by atoms with Crippen LogP contribution in [-0.2, 0) is 4.79 Å². The molecule has 4 rings (SSSR count). The minimum Gasteiger partial charge on any atom is -0.393 e. The van der Waals surface area contributed by atoms with Gasteiger partial charge in [0.15, 0.2) is 5.78 Å². The van der Waals surface area contributed by atoms with Gasteiger partial charge in [-0.05, 0) is 86.0 Å². The first kappa shape index (κ1) is 15.6. The van der Waals surface area contributed by atoms with E-state index >= 15 is 0 Å². The molecule has 126 valence electrons. The maximum absolute atomic E-state index is 12.1. The van der Waals surface area contributed by atoms with Crippen molar-refractivity contribution in [2.45, 2.75) is 71.8 Å². The predicted octanol–water partition coefficient (Wildman–Crippen LogP) is 4.44. The van der Waals surface area contributed by atoms with Crippen molar-refractivity contribution in [1.82, 2.24) is 0 Å². The van der Waals surface area contributed by atoms with Gasteiger partial charge in [-0.25, -0.2) is 0 Å². The Hall–Kier alpha value is -0.890. The van der Waals surface area contributed by atoms with E-state index in [2.05, 4.69) is 26.0 Å². The summed E-state index contributed by atoms with van der Waals surface area (Å²) in [5.74, 6) is 2.38. The van der Waals surface area contributed by atoms with Crippen molar-refractivity contribution in [3.63, 3.8) is 0 Å². The van der Waals surface area contributed by atoms with Crippen LogP contribution in [0.25, 0.3) is 0 Å². The fourth-order valence-electron chi connectivity index (χ4n) is 6.75. The van der Waals surface area contributed by atoms with Crippen molar-refractivity contribution < 1.29 is 9.90 Å². The number of aliphatic hydroxyl groups excluding tert-OH is 1. The van der Waals surface area contributed by atoms with E-state index in [1.54, 1.807) is 6.92 Å². The van der Waals surface area contributed by atoms with E-state index in [0.717, 1.165) is 50.0 Å². The molecule has 2 saturated carbocycles. The van der Waals surface area contributed by atoms with Crippen molar-refractivity contribution in [2.24, 2.45) is 28.6 Å². The van der Waals surface area contributed by atoms with Gasteiger partial charge in [-0.1, -0.05) is 31.6 Å². The number of hydrogen-bond acceptors (Lipinski definition) is 2. The van der Waals surface area contributed by atoms with Crippen molar-refractivity contribution in [2.75, 3.05) is 0 Å². The first-order chi connectivity index (χ1) is 10.9. The first-order valence-electron chi connectivity index (χ1n) is 9.45. The molecular formula is C21H30O2. The summed E-state index contributed by atoms with van der Waals surface area (Å²) in [6, 6.07) is 0. The highest BCUT2D eigenvalue weighted by molar-refractivity contribution is 5.95. The molecule has 0 aromatic heterocycles. The maximum atomic E-state index is 12.1. The van der Waals surface area contributed by atoms with E-state index in [1.165, 1.54) is 12.0 Å². The Morgan fingerprint density at radius 2 is 1.83 bits per heavy atom. The SMILES string of the molecule is CC(=O)C1=CC[C@@H]2[C@H]3CC=C4C[C@H](O)CC[C@]4(C)[C@@H]3CC[C@]12C. The molecule has 0 aliphatic heterocycles. The standard InChI is InChI=1S/C21H30O2/c1-13(22)17-6-7-18-16-5-4-14-12-15(23)8-10-20(14,2)19(16)9-11-21(17,18)3/h4,6,15-16,18-19,23H,5,7-12H2,1-3H3/t15-,16-,18-,19-,20+,21-/m1/s1. The van der Waals surface area contributed by atoms with E-state index in [1.807, 2.05) is 0 Å². The zero-order chi connectivity index (χ0) is 16.4. The molecule has 4 aliphatic rings.